The van der Waals surface area contributed by atoms with Gasteiger partial charge >= 0.3 is 5.97 Å². The van der Waals surface area contributed by atoms with E-state index < -0.39 is 5.97 Å². The molecule has 0 radical (unpaired) electrons. The first-order valence-electron chi connectivity index (χ1n) is 9.85. The van der Waals surface area contributed by atoms with Crippen molar-refractivity contribution in [2.24, 2.45) is 0 Å². The number of hydrogen-bond acceptors (Lipinski definition) is 4. The number of esters is 1. The average molecular weight is 402 g/mol. The molecule has 0 spiro atoms. The molecule has 0 atom stereocenters. The molecular weight excluding hydrogens is 376 g/mol. The van der Waals surface area contributed by atoms with Gasteiger partial charge in [-0.2, -0.15) is 0 Å². The van der Waals surface area contributed by atoms with Crippen molar-refractivity contribution < 1.29 is 19.4 Å². The Balaban J connectivity index is 1.75. The summed E-state index contributed by atoms with van der Waals surface area (Å²) in [6, 6.07) is 22.4. The van der Waals surface area contributed by atoms with E-state index in [0.717, 1.165) is 11.1 Å². The van der Waals surface area contributed by atoms with E-state index in [1.54, 1.807) is 6.92 Å². The number of carbonyl (C=O) groups is 1. The van der Waals surface area contributed by atoms with Gasteiger partial charge in [-0.05, 0) is 47.7 Å². The summed E-state index contributed by atoms with van der Waals surface area (Å²) in [4.78, 5) is 11.5. The van der Waals surface area contributed by atoms with Gasteiger partial charge in [0.2, 0.25) is 0 Å². The fraction of sp³-hybridized carbons (Fsp3) is 0.192. The Bertz CT molecular complexity index is 1040. The molecule has 0 heterocycles. The summed E-state index contributed by atoms with van der Waals surface area (Å²) in [5.41, 5.74) is 6.68. The molecule has 3 aromatic rings. The summed E-state index contributed by atoms with van der Waals surface area (Å²) in [5.74, 6) is 0.132. The molecule has 154 valence electrons. The van der Waals surface area contributed by atoms with E-state index in [1.807, 2.05) is 30.3 Å². The van der Waals surface area contributed by atoms with Crippen LogP contribution in [0, 0.1) is 6.92 Å². The molecule has 4 heteroatoms. The van der Waals surface area contributed by atoms with Crippen molar-refractivity contribution in [2.75, 3.05) is 13.2 Å². The lowest BCUT2D eigenvalue weighted by atomic mass is 9.97. The van der Waals surface area contributed by atoms with Crippen molar-refractivity contribution in [3.8, 4) is 28.0 Å². The number of hydrogen-bond donors (Lipinski definition) is 1. The minimum Gasteiger partial charge on any atom is -0.490 e. The third-order valence-electron chi connectivity index (χ3n) is 4.83. The van der Waals surface area contributed by atoms with E-state index in [0.29, 0.717) is 16.9 Å². The maximum atomic E-state index is 11.5. The van der Waals surface area contributed by atoms with E-state index in [1.165, 1.54) is 16.7 Å². The summed E-state index contributed by atoms with van der Waals surface area (Å²) in [7, 11) is 0. The Kier molecular flexibility index (Phi) is 7.04. The first-order valence-corrected chi connectivity index (χ1v) is 9.85. The quantitative estimate of drug-likeness (QED) is 0.315. The van der Waals surface area contributed by atoms with Crippen LogP contribution in [0.15, 0.2) is 78.9 Å². The standard InChI is InChI=1S/C26H26O4/c1-18(2)26(28)30-15-14-29-25-16-22(12-13-23(25)17-27)20-8-10-21(11-9-20)24-7-5-4-6-19(24)3/h4-13,16,27H,1,14-15,17H2,2-3H3. The normalized spacial score (nSPS) is 10.5. The minimum absolute atomic E-state index is 0.117. The van der Waals surface area contributed by atoms with Crippen molar-refractivity contribution in [3.63, 3.8) is 0 Å². The van der Waals surface area contributed by atoms with Gasteiger partial charge in [0.05, 0.1) is 6.61 Å². The van der Waals surface area contributed by atoms with Crippen LogP contribution < -0.4 is 4.74 Å². The van der Waals surface area contributed by atoms with Gasteiger partial charge in [0.15, 0.2) is 0 Å². The molecule has 0 unspecified atom stereocenters. The SMILES string of the molecule is C=C(C)C(=O)OCCOc1cc(-c2ccc(-c3ccccc3C)cc2)ccc1CO. The lowest BCUT2D eigenvalue weighted by molar-refractivity contribution is -0.139. The van der Waals surface area contributed by atoms with E-state index >= 15 is 0 Å². The van der Waals surface area contributed by atoms with Gasteiger partial charge in [-0.3, -0.25) is 0 Å². The van der Waals surface area contributed by atoms with E-state index in [2.05, 4.69) is 49.9 Å². The second-order valence-corrected chi connectivity index (χ2v) is 7.14. The van der Waals surface area contributed by atoms with Crippen LogP contribution in [-0.4, -0.2) is 24.3 Å². The zero-order chi connectivity index (χ0) is 21.5. The molecule has 0 aliphatic rings. The summed E-state index contributed by atoms with van der Waals surface area (Å²) in [5, 5.41) is 9.61. The van der Waals surface area contributed by atoms with Gasteiger partial charge in [-0.15, -0.1) is 0 Å². The highest BCUT2D eigenvalue weighted by Gasteiger charge is 2.09. The van der Waals surface area contributed by atoms with Crippen LogP contribution in [-0.2, 0) is 16.1 Å². The van der Waals surface area contributed by atoms with Gasteiger partial charge in [0, 0.05) is 11.1 Å². The first-order chi connectivity index (χ1) is 14.5. The van der Waals surface area contributed by atoms with E-state index in [9.17, 15) is 9.90 Å². The Morgan fingerprint density at radius 2 is 1.60 bits per heavy atom. The molecule has 0 amide bonds. The van der Waals surface area contributed by atoms with Gasteiger partial charge in [-0.25, -0.2) is 4.79 Å². The number of rotatable bonds is 8. The predicted octanol–water partition coefficient (Wildman–Crippen LogP) is 5.32. The molecule has 0 fully saturated rings. The van der Waals surface area contributed by atoms with Gasteiger partial charge in [0.1, 0.15) is 19.0 Å². The third kappa shape index (κ3) is 5.16. The second kappa shape index (κ2) is 9.90. The van der Waals surface area contributed by atoms with E-state index in [4.69, 9.17) is 9.47 Å². The third-order valence-corrected chi connectivity index (χ3v) is 4.83. The van der Waals surface area contributed by atoms with Crippen molar-refractivity contribution in [1.29, 1.82) is 0 Å². The average Bonchev–Trinajstić information content (AvgIpc) is 2.77. The molecule has 3 rings (SSSR count). The Labute approximate surface area is 177 Å². The maximum Gasteiger partial charge on any atom is 0.333 e. The fourth-order valence-corrected chi connectivity index (χ4v) is 3.15. The van der Waals surface area contributed by atoms with Crippen LogP contribution in [0.25, 0.3) is 22.3 Å². The number of benzene rings is 3. The summed E-state index contributed by atoms with van der Waals surface area (Å²) >= 11 is 0. The number of ether oxygens (including phenoxy) is 2. The molecule has 0 aliphatic heterocycles. The summed E-state index contributed by atoms with van der Waals surface area (Å²) in [6.45, 7) is 7.43. The number of aliphatic hydroxyl groups excluding tert-OH is 1. The molecular formula is C26H26O4. The molecule has 30 heavy (non-hydrogen) atoms. The van der Waals surface area contributed by atoms with Crippen LogP contribution >= 0.6 is 0 Å². The van der Waals surface area contributed by atoms with Crippen molar-refractivity contribution in [3.05, 3.63) is 90.0 Å². The van der Waals surface area contributed by atoms with Crippen LogP contribution in [0.5, 0.6) is 5.75 Å². The van der Waals surface area contributed by atoms with Crippen LogP contribution in [0.4, 0.5) is 0 Å². The van der Waals surface area contributed by atoms with Gasteiger partial charge < -0.3 is 14.6 Å². The Hall–Kier alpha value is -3.37. The minimum atomic E-state index is -0.441. The largest absolute Gasteiger partial charge is 0.490 e. The highest BCUT2D eigenvalue weighted by Crippen LogP contribution is 2.30. The lowest BCUT2D eigenvalue weighted by Gasteiger charge is -2.13. The maximum absolute atomic E-state index is 11.5. The lowest BCUT2D eigenvalue weighted by Crippen LogP contribution is -2.13. The van der Waals surface area contributed by atoms with Crippen LogP contribution in [0.3, 0.4) is 0 Å². The first kappa shape index (κ1) is 21.3. The van der Waals surface area contributed by atoms with Gasteiger partial charge in [0.25, 0.3) is 0 Å². The number of aryl methyl sites for hydroxylation is 1. The van der Waals surface area contributed by atoms with Gasteiger partial charge in [-0.1, -0.05) is 67.2 Å². The molecule has 0 bridgehead atoms. The number of carbonyl (C=O) groups excluding carboxylic acids is 1. The molecule has 4 nitrogen and oxygen atoms in total. The summed E-state index contributed by atoms with van der Waals surface area (Å²) < 4.78 is 10.8. The van der Waals surface area contributed by atoms with Crippen LogP contribution in [0.1, 0.15) is 18.1 Å². The Morgan fingerprint density at radius 1 is 0.933 bits per heavy atom. The molecule has 3 aromatic carbocycles. The smallest absolute Gasteiger partial charge is 0.333 e. The van der Waals surface area contributed by atoms with Crippen molar-refractivity contribution in [2.45, 2.75) is 20.5 Å². The molecule has 1 N–H and O–H groups in total. The fourth-order valence-electron chi connectivity index (χ4n) is 3.15. The zero-order valence-electron chi connectivity index (χ0n) is 17.4. The van der Waals surface area contributed by atoms with Crippen molar-refractivity contribution >= 4 is 5.97 Å². The molecule has 0 saturated heterocycles. The zero-order valence-corrected chi connectivity index (χ0v) is 17.4. The molecule has 0 aromatic heterocycles. The highest BCUT2D eigenvalue weighted by molar-refractivity contribution is 5.86. The second-order valence-electron chi connectivity index (χ2n) is 7.14. The van der Waals surface area contributed by atoms with Crippen molar-refractivity contribution in [1.82, 2.24) is 0 Å². The predicted molar refractivity (Wildman–Crippen MR) is 119 cm³/mol. The Morgan fingerprint density at radius 3 is 2.27 bits per heavy atom. The molecule has 0 aliphatic carbocycles. The highest BCUT2D eigenvalue weighted by atomic mass is 16.6. The molecule has 0 saturated carbocycles. The topological polar surface area (TPSA) is 55.8 Å². The summed E-state index contributed by atoms with van der Waals surface area (Å²) in [6.07, 6.45) is 0. The van der Waals surface area contributed by atoms with E-state index in [-0.39, 0.29) is 19.8 Å². The monoisotopic (exact) mass is 402 g/mol. The number of aliphatic hydroxyl groups is 1. The van der Waals surface area contributed by atoms with Crippen LogP contribution in [0.2, 0.25) is 0 Å².